The molecule has 0 heterocycles. The number of unbranched alkanes of at least 4 members (excludes halogenated alkanes) is 3. The predicted molar refractivity (Wildman–Crippen MR) is 78.2 cm³/mol. The lowest BCUT2D eigenvalue weighted by atomic mass is 10.2. The fourth-order valence-corrected chi connectivity index (χ4v) is 1.53. The van der Waals surface area contributed by atoms with E-state index in [1.54, 1.807) is 0 Å². The summed E-state index contributed by atoms with van der Waals surface area (Å²) in [6.07, 6.45) is 6.70. The molecule has 4 nitrogen and oxygen atoms in total. The van der Waals surface area contributed by atoms with E-state index >= 15 is 0 Å². The minimum Gasteiger partial charge on any atom is -0.396 e. The van der Waals surface area contributed by atoms with Crippen LogP contribution in [0.5, 0.6) is 0 Å². The van der Waals surface area contributed by atoms with Crippen LogP contribution in [0.15, 0.2) is 4.99 Å². The van der Waals surface area contributed by atoms with Gasteiger partial charge in [0.05, 0.1) is 0 Å². The normalized spacial score (nSPS) is 15.8. The van der Waals surface area contributed by atoms with E-state index in [0.29, 0.717) is 18.6 Å². The highest BCUT2D eigenvalue weighted by molar-refractivity contribution is 14.0. The molecule has 0 aromatic carbocycles. The highest BCUT2D eigenvalue weighted by Crippen LogP contribution is 2.24. The van der Waals surface area contributed by atoms with Crippen molar-refractivity contribution in [2.45, 2.75) is 44.6 Å². The molecule has 16 heavy (non-hydrogen) atoms. The summed E-state index contributed by atoms with van der Waals surface area (Å²) in [6, 6.07) is 0.642. The van der Waals surface area contributed by atoms with Gasteiger partial charge < -0.3 is 15.7 Å². The van der Waals surface area contributed by atoms with Crippen LogP contribution in [0.4, 0.5) is 0 Å². The Morgan fingerprint density at radius 1 is 1.31 bits per heavy atom. The number of nitrogens with zero attached hydrogens (tertiary/aromatic N) is 2. The van der Waals surface area contributed by atoms with E-state index in [2.05, 4.69) is 9.89 Å². The molecule has 0 spiro atoms. The third kappa shape index (κ3) is 6.52. The average molecular weight is 341 g/mol. The zero-order valence-electron chi connectivity index (χ0n) is 10.1. The Balaban J connectivity index is 0.00000225. The standard InChI is InChI=1S/C11H23N3O.HI/c1-14(10-6-7-10)11(12)13-8-4-2-3-5-9-15;/h10,15H,2-9H2,1H3,(H2,12,13);1H. The van der Waals surface area contributed by atoms with Gasteiger partial charge in [0.1, 0.15) is 0 Å². The fourth-order valence-electron chi connectivity index (χ4n) is 1.53. The number of hydrogen-bond donors (Lipinski definition) is 2. The monoisotopic (exact) mass is 341 g/mol. The first-order chi connectivity index (χ1) is 7.25. The van der Waals surface area contributed by atoms with Crippen LogP contribution in [0.1, 0.15) is 38.5 Å². The maximum atomic E-state index is 8.60. The molecule has 1 aliphatic rings. The maximum absolute atomic E-state index is 8.60. The van der Waals surface area contributed by atoms with Crippen molar-refractivity contribution in [2.24, 2.45) is 10.7 Å². The van der Waals surface area contributed by atoms with Crippen LogP contribution in [-0.4, -0.2) is 42.2 Å². The van der Waals surface area contributed by atoms with Crippen LogP contribution >= 0.6 is 24.0 Å². The lowest BCUT2D eigenvalue weighted by molar-refractivity contribution is 0.282. The van der Waals surface area contributed by atoms with E-state index in [-0.39, 0.29) is 24.0 Å². The zero-order valence-corrected chi connectivity index (χ0v) is 12.4. The minimum atomic E-state index is 0. The van der Waals surface area contributed by atoms with E-state index in [0.717, 1.165) is 32.2 Å². The van der Waals surface area contributed by atoms with Crippen molar-refractivity contribution in [1.29, 1.82) is 0 Å². The van der Waals surface area contributed by atoms with Crippen molar-refractivity contribution in [3.8, 4) is 0 Å². The molecule has 0 atom stereocenters. The van der Waals surface area contributed by atoms with Crippen molar-refractivity contribution in [1.82, 2.24) is 4.90 Å². The Hall–Kier alpha value is -0.0400. The van der Waals surface area contributed by atoms with Crippen LogP contribution < -0.4 is 5.73 Å². The SMILES string of the molecule is CN(C(N)=NCCCCCCO)C1CC1.I. The van der Waals surface area contributed by atoms with Gasteiger partial charge in [-0.1, -0.05) is 12.8 Å². The molecule has 1 aliphatic carbocycles. The summed E-state index contributed by atoms with van der Waals surface area (Å²) in [4.78, 5) is 6.42. The van der Waals surface area contributed by atoms with Gasteiger partial charge in [0.15, 0.2) is 5.96 Å². The summed E-state index contributed by atoms with van der Waals surface area (Å²) >= 11 is 0. The Labute approximate surface area is 115 Å². The number of rotatable bonds is 7. The molecule has 0 aromatic rings. The van der Waals surface area contributed by atoms with Crippen molar-refractivity contribution >= 4 is 29.9 Å². The first-order valence-electron chi connectivity index (χ1n) is 5.89. The second-order valence-corrected chi connectivity index (χ2v) is 4.22. The van der Waals surface area contributed by atoms with Gasteiger partial charge in [-0.3, -0.25) is 4.99 Å². The van der Waals surface area contributed by atoms with Gasteiger partial charge in [-0.15, -0.1) is 24.0 Å². The van der Waals surface area contributed by atoms with Gasteiger partial charge >= 0.3 is 0 Å². The Bertz CT molecular complexity index is 207. The van der Waals surface area contributed by atoms with E-state index in [1.165, 1.54) is 12.8 Å². The predicted octanol–water partition coefficient (Wildman–Crippen LogP) is 1.57. The minimum absolute atomic E-state index is 0. The molecule has 0 radical (unpaired) electrons. The second-order valence-electron chi connectivity index (χ2n) is 4.22. The summed E-state index contributed by atoms with van der Waals surface area (Å²) in [6.45, 7) is 1.12. The van der Waals surface area contributed by atoms with Crippen LogP contribution in [0.2, 0.25) is 0 Å². The number of aliphatic hydroxyl groups is 1. The molecule has 0 unspecified atom stereocenters. The third-order valence-electron chi connectivity index (χ3n) is 2.80. The molecule has 1 fully saturated rings. The Kier molecular flexibility index (Phi) is 9.02. The van der Waals surface area contributed by atoms with Crippen molar-refractivity contribution < 1.29 is 5.11 Å². The topological polar surface area (TPSA) is 61.8 Å². The Morgan fingerprint density at radius 2 is 1.94 bits per heavy atom. The lowest BCUT2D eigenvalue weighted by Gasteiger charge is -2.16. The fraction of sp³-hybridized carbons (Fsp3) is 0.909. The zero-order chi connectivity index (χ0) is 11.1. The summed E-state index contributed by atoms with van der Waals surface area (Å²) in [5.74, 6) is 0.680. The first-order valence-corrected chi connectivity index (χ1v) is 5.89. The highest BCUT2D eigenvalue weighted by atomic mass is 127. The molecular weight excluding hydrogens is 317 g/mol. The lowest BCUT2D eigenvalue weighted by Crippen LogP contribution is -2.35. The molecule has 3 N–H and O–H groups in total. The average Bonchev–Trinajstić information content (AvgIpc) is 3.05. The molecule has 0 bridgehead atoms. The quantitative estimate of drug-likeness (QED) is 0.320. The molecule has 5 heteroatoms. The van der Waals surface area contributed by atoms with Gasteiger partial charge in [-0.25, -0.2) is 0 Å². The summed E-state index contributed by atoms with van der Waals surface area (Å²) in [7, 11) is 2.02. The van der Waals surface area contributed by atoms with Crippen molar-refractivity contribution in [3.05, 3.63) is 0 Å². The molecule has 0 aromatic heterocycles. The second kappa shape index (κ2) is 9.04. The molecule has 1 saturated carbocycles. The van der Waals surface area contributed by atoms with Crippen LogP contribution in [0.25, 0.3) is 0 Å². The first kappa shape index (κ1) is 16.0. The smallest absolute Gasteiger partial charge is 0.191 e. The molecular formula is C11H24IN3O. The maximum Gasteiger partial charge on any atom is 0.191 e. The largest absolute Gasteiger partial charge is 0.396 e. The number of aliphatic imine (C=N–C) groups is 1. The molecule has 0 saturated heterocycles. The van der Waals surface area contributed by atoms with Gasteiger partial charge in [0.2, 0.25) is 0 Å². The van der Waals surface area contributed by atoms with Crippen molar-refractivity contribution in [3.63, 3.8) is 0 Å². The van der Waals surface area contributed by atoms with Crippen LogP contribution in [-0.2, 0) is 0 Å². The summed E-state index contributed by atoms with van der Waals surface area (Å²) in [5, 5.41) is 8.60. The van der Waals surface area contributed by atoms with E-state index < -0.39 is 0 Å². The number of aliphatic hydroxyl groups excluding tert-OH is 1. The van der Waals surface area contributed by atoms with Crippen molar-refractivity contribution in [2.75, 3.05) is 20.2 Å². The Morgan fingerprint density at radius 3 is 2.50 bits per heavy atom. The van der Waals surface area contributed by atoms with Gasteiger partial charge in [-0.2, -0.15) is 0 Å². The molecule has 1 rings (SSSR count). The van der Waals surface area contributed by atoms with Crippen LogP contribution in [0, 0.1) is 0 Å². The summed E-state index contributed by atoms with van der Waals surface area (Å²) < 4.78 is 0. The van der Waals surface area contributed by atoms with Gasteiger partial charge in [0, 0.05) is 26.2 Å². The van der Waals surface area contributed by atoms with E-state index in [4.69, 9.17) is 10.8 Å². The van der Waals surface area contributed by atoms with Gasteiger partial charge in [0.25, 0.3) is 0 Å². The third-order valence-corrected chi connectivity index (χ3v) is 2.80. The molecule has 0 aliphatic heterocycles. The highest BCUT2D eigenvalue weighted by Gasteiger charge is 2.27. The number of halogens is 1. The number of hydrogen-bond acceptors (Lipinski definition) is 2. The molecule has 96 valence electrons. The van der Waals surface area contributed by atoms with E-state index in [1.807, 2.05) is 7.05 Å². The van der Waals surface area contributed by atoms with Gasteiger partial charge in [-0.05, 0) is 25.7 Å². The van der Waals surface area contributed by atoms with Crippen LogP contribution in [0.3, 0.4) is 0 Å². The van der Waals surface area contributed by atoms with E-state index in [9.17, 15) is 0 Å². The molecule has 0 amide bonds. The number of nitrogens with two attached hydrogens (primary N) is 1. The number of guanidine groups is 1. The summed E-state index contributed by atoms with van der Waals surface area (Å²) in [5.41, 5.74) is 5.83.